The molecule has 0 saturated carbocycles. The molecule has 1 aliphatic carbocycles. The minimum Gasteiger partial charge on any atom is -0.380 e. The maximum absolute atomic E-state index is 4.89. The molecule has 1 aliphatic rings. The summed E-state index contributed by atoms with van der Waals surface area (Å²) < 4.78 is 4.89. The van der Waals surface area contributed by atoms with Crippen molar-refractivity contribution >= 4 is 0 Å². The third-order valence-corrected chi connectivity index (χ3v) is 1.04. The van der Waals surface area contributed by atoms with Gasteiger partial charge in [-0.1, -0.05) is 18.2 Å². The molecule has 0 saturated heterocycles. The van der Waals surface area contributed by atoms with E-state index in [1.165, 1.54) is 5.57 Å². The van der Waals surface area contributed by atoms with Crippen molar-refractivity contribution < 1.29 is 4.74 Å². The zero-order valence-electron chi connectivity index (χ0n) is 4.92. The average Bonchev–Trinajstić information content (AvgIpc) is 2.19. The van der Waals surface area contributed by atoms with Crippen molar-refractivity contribution in [1.29, 1.82) is 0 Å². The first-order valence-electron chi connectivity index (χ1n) is 2.63. The summed E-state index contributed by atoms with van der Waals surface area (Å²) in [7, 11) is 1.70. The number of methoxy groups -OCH3 is 1. The largest absolute Gasteiger partial charge is 0.380 e. The van der Waals surface area contributed by atoms with Crippen LogP contribution in [0.15, 0.2) is 23.8 Å². The van der Waals surface area contributed by atoms with Gasteiger partial charge in [0.25, 0.3) is 0 Å². The summed E-state index contributed by atoms with van der Waals surface area (Å²) in [6, 6.07) is 0. The number of hydrogen-bond donors (Lipinski definition) is 0. The van der Waals surface area contributed by atoms with Crippen LogP contribution < -0.4 is 0 Å². The minimum atomic E-state index is 0.729. The topological polar surface area (TPSA) is 9.23 Å². The lowest BCUT2D eigenvalue weighted by Gasteiger charge is -1.95. The molecule has 1 radical (unpaired) electrons. The van der Waals surface area contributed by atoms with Gasteiger partial charge in [-0.2, -0.15) is 0 Å². The molecule has 0 aromatic heterocycles. The van der Waals surface area contributed by atoms with Gasteiger partial charge in [-0.25, -0.2) is 0 Å². The van der Waals surface area contributed by atoms with Crippen molar-refractivity contribution in [1.82, 2.24) is 0 Å². The molecule has 1 nitrogen and oxygen atoms in total. The quantitative estimate of drug-likeness (QED) is 0.520. The molecule has 0 atom stereocenters. The predicted octanol–water partition coefficient (Wildman–Crippen LogP) is 1.33. The lowest BCUT2D eigenvalue weighted by Crippen LogP contribution is -1.90. The van der Waals surface area contributed by atoms with Crippen LogP contribution in [0.25, 0.3) is 0 Å². The Labute approximate surface area is 49.7 Å². The van der Waals surface area contributed by atoms with Gasteiger partial charge in [-0.05, 0) is 5.57 Å². The Balaban J connectivity index is 2.28. The fraction of sp³-hybridized carbons (Fsp3) is 0.286. The molecule has 0 unspecified atom stereocenters. The number of ether oxygens (including phenoxy) is 1. The Hall–Kier alpha value is -0.560. The van der Waals surface area contributed by atoms with Crippen LogP contribution in [0.4, 0.5) is 0 Å². The summed E-state index contributed by atoms with van der Waals surface area (Å²) >= 11 is 0. The third-order valence-electron chi connectivity index (χ3n) is 1.04. The van der Waals surface area contributed by atoms with Gasteiger partial charge in [0, 0.05) is 13.5 Å². The summed E-state index contributed by atoms with van der Waals surface area (Å²) in [6.07, 6.45) is 8.11. The standard InChI is InChI=1S/C7H9O/c1-8-6-7-4-2-3-5-7/h2-5H,6H2,1H3. The Bertz CT molecular complexity index is 122. The number of rotatable bonds is 2. The first-order chi connectivity index (χ1) is 3.93. The Morgan fingerprint density at radius 3 is 2.88 bits per heavy atom. The number of allylic oxidation sites excluding steroid dienone is 3. The fourth-order valence-corrected chi connectivity index (χ4v) is 0.677. The van der Waals surface area contributed by atoms with Gasteiger partial charge in [-0.3, -0.25) is 0 Å². The smallest absolute Gasteiger partial charge is 0.0682 e. The highest BCUT2D eigenvalue weighted by atomic mass is 16.5. The molecule has 0 N–H and O–H groups in total. The van der Waals surface area contributed by atoms with Crippen molar-refractivity contribution in [3.8, 4) is 0 Å². The van der Waals surface area contributed by atoms with E-state index in [9.17, 15) is 0 Å². The average molecular weight is 109 g/mol. The Kier molecular flexibility index (Phi) is 1.86. The highest BCUT2D eigenvalue weighted by Crippen LogP contribution is 2.07. The van der Waals surface area contributed by atoms with Crippen LogP contribution in [0.3, 0.4) is 0 Å². The molecular formula is C7H9O. The molecule has 0 aromatic carbocycles. The zero-order valence-corrected chi connectivity index (χ0v) is 4.92. The van der Waals surface area contributed by atoms with E-state index >= 15 is 0 Å². The molecule has 1 heteroatoms. The van der Waals surface area contributed by atoms with Gasteiger partial charge < -0.3 is 4.74 Å². The van der Waals surface area contributed by atoms with Crippen LogP contribution in [0, 0.1) is 6.42 Å². The SMILES string of the molecule is COCC1=CC=C[CH]1. The molecule has 0 aromatic rings. The second-order valence-corrected chi connectivity index (χ2v) is 1.73. The van der Waals surface area contributed by atoms with E-state index in [0.717, 1.165) is 6.61 Å². The summed E-state index contributed by atoms with van der Waals surface area (Å²) in [4.78, 5) is 0. The van der Waals surface area contributed by atoms with E-state index in [0.29, 0.717) is 0 Å². The Morgan fingerprint density at radius 1 is 1.50 bits per heavy atom. The molecule has 1 rings (SSSR count). The Morgan fingerprint density at radius 2 is 2.38 bits per heavy atom. The molecule has 0 bridgehead atoms. The second-order valence-electron chi connectivity index (χ2n) is 1.73. The zero-order chi connectivity index (χ0) is 5.82. The van der Waals surface area contributed by atoms with E-state index in [1.54, 1.807) is 7.11 Å². The van der Waals surface area contributed by atoms with Crippen molar-refractivity contribution in [3.63, 3.8) is 0 Å². The van der Waals surface area contributed by atoms with Crippen molar-refractivity contribution in [3.05, 3.63) is 30.2 Å². The minimum absolute atomic E-state index is 0.729. The van der Waals surface area contributed by atoms with E-state index in [4.69, 9.17) is 4.74 Å². The van der Waals surface area contributed by atoms with Gasteiger partial charge >= 0.3 is 0 Å². The van der Waals surface area contributed by atoms with E-state index in [2.05, 4.69) is 0 Å². The normalized spacial score (nSPS) is 16.9. The molecule has 0 aliphatic heterocycles. The molecule has 0 spiro atoms. The molecule has 8 heavy (non-hydrogen) atoms. The van der Waals surface area contributed by atoms with Gasteiger partial charge in [0.1, 0.15) is 0 Å². The first-order valence-corrected chi connectivity index (χ1v) is 2.63. The summed E-state index contributed by atoms with van der Waals surface area (Å²) in [6.45, 7) is 0.729. The van der Waals surface area contributed by atoms with Crippen LogP contribution in [0.2, 0.25) is 0 Å². The fourth-order valence-electron chi connectivity index (χ4n) is 0.677. The van der Waals surface area contributed by atoms with Crippen molar-refractivity contribution in [2.24, 2.45) is 0 Å². The van der Waals surface area contributed by atoms with Gasteiger partial charge in [0.2, 0.25) is 0 Å². The van der Waals surface area contributed by atoms with Crippen LogP contribution in [-0.4, -0.2) is 13.7 Å². The predicted molar refractivity (Wildman–Crippen MR) is 33.4 cm³/mol. The summed E-state index contributed by atoms with van der Waals surface area (Å²) in [5.74, 6) is 0. The van der Waals surface area contributed by atoms with E-state index < -0.39 is 0 Å². The molecule has 0 heterocycles. The maximum Gasteiger partial charge on any atom is 0.0682 e. The first kappa shape index (κ1) is 5.57. The lowest BCUT2D eigenvalue weighted by molar-refractivity contribution is 0.227. The molecular weight excluding hydrogens is 100 g/mol. The van der Waals surface area contributed by atoms with Crippen LogP contribution in [-0.2, 0) is 4.74 Å². The van der Waals surface area contributed by atoms with Gasteiger partial charge in [0.15, 0.2) is 0 Å². The molecule has 0 amide bonds. The molecule has 43 valence electrons. The number of hydrogen-bond acceptors (Lipinski definition) is 1. The summed E-state index contributed by atoms with van der Waals surface area (Å²) in [5, 5.41) is 0. The van der Waals surface area contributed by atoms with Crippen molar-refractivity contribution in [2.45, 2.75) is 0 Å². The monoisotopic (exact) mass is 109 g/mol. The van der Waals surface area contributed by atoms with Crippen LogP contribution >= 0.6 is 0 Å². The highest BCUT2D eigenvalue weighted by Gasteiger charge is 1.95. The molecule has 0 fully saturated rings. The van der Waals surface area contributed by atoms with Crippen LogP contribution in [0.1, 0.15) is 0 Å². The van der Waals surface area contributed by atoms with E-state index in [1.807, 2.05) is 24.6 Å². The van der Waals surface area contributed by atoms with E-state index in [-0.39, 0.29) is 0 Å². The third kappa shape index (κ3) is 1.20. The van der Waals surface area contributed by atoms with Gasteiger partial charge in [0.05, 0.1) is 6.61 Å². The van der Waals surface area contributed by atoms with Gasteiger partial charge in [-0.15, -0.1) is 0 Å². The van der Waals surface area contributed by atoms with Crippen molar-refractivity contribution in [2.75, 3.05) is 13.7 Å². The summed E-state index contributed by atoms with van der Waals surface area (Å²) in [5.41, 5.74) is 1.24. The van der Waals surface area contributed by atoms with Crippen LogP contribution in [0.5, 0.6) is 0 Å². The highest BCUT2D eigenvalue weighted by molar-refractivity contribution is 5.33. The maximum atomic E-state index is 4.89. The second kappa shape index (κ2) is 2.68. The lowest BCUT2D eigenvalue weighted by atomic mass is 10.2.